The van der Waals surface area contributed by atoms with Crippen molar-refractivity contribution in [3.8, 4) is 5.75 Å². The minimum absolute atomic E-state index is 0.0709. The summed E-state index contributed by atoms with van der Waals surface area (Å²) >= 11 is 7.24. The van der Waals surface area contributed by atoms with Crippen molar-refractivity contribution >= 4 is 43.4 Å². The molecule has 1 aromatic carbocycles. The van der Waals surface area contributed by atoms with Gasteiger partial charge in [-0.15, -0.1) is 0 Å². The van der Waals surface area contributed by atoms with Gasteiger partial charge < -0.3 is 9.47 Å². The summed E-state index contributed by atoms with van der Waals surface area (Å²) in [5, 5.41) is 0. The summed E-state index contributed by atoms with van der Waals surface area (Å²) in [5.74, 6) is 1.92. The fourth-order valence-electron chi connectivity index (χ4n) is 5.04. The summed E-state index contributed by atoms with van der Waals surface area (Å²) in [7, 11) is 0. The quantitative estimate of drug-likeness (QED) is 0.405. The Balaban J connectivity index is 1.92. The first-order valence-corrected chi connectivity index (χ1v) is 12.3. The van der Waals surface area contributed by atoms with Gasteiger partial charge in [0.2, 0.25) is 0 Å². The van der Waals surface area contributed by atoms with Gasteiger partial charge >= 0.3 is 0 Å². The van der Waals surface area contributed by atoms with Gasteiger partial charge in [0, 0.05) is 42.7 Å². The molecule has 4 nitrogen and oxygen atoms in total. The predicted octanol–water partition coefficient (Wildman–Crippen LogP) is 7.01. The number of hydrogen-bond donors (Lipinski definition) is 0. The smallest absolute Gasteiger partial charge is 0.163 e. The Morgan fingerprint density at radius 1 is 0.903 bits per heavy atom. The summed E-state index contributed by atoms with van der Waals surface area (Å²) < 4.78 is 13.7. The first kappa shape index (κ1) is 22.8. The number of ether oxygens (including phenoxy) is 2. The molecule has 0 unspecified atom stereocenters. The average Bonchev–Trinajstić information content (AvgIpc) is 2.60. The molecule has 0 N–H and O–H groups in total. The molecule has 31 heavy (non-hydrogen) atoms. The van der Waals surface area contributed by atoms with Crippen LogP contribution in [0.4, 0.5) is 0 Å². The molecule has 0 spiro atoms. The number of rotatable bonds is 3. The van der Waals surface area contributed by atoms with Crippen molar-refractivity contribution in [3.63, 3.8) is 0 Å². The third kappa shape index (κ3) is 4.18. The molecule has 0 fully saturated rings. The van der Waals surface area contributed by atoms with Crippen LogP contribution in [0.25, 0.3) is 0 Å². The van der Waals surface area contributed by atoms with E-state index in [1.54, 1.807) is 0 Å². The molecule has 0 bridgehead atoms. The second-order valence-corrected chi connectivity index (χ2v) is 12.0. The number of hydrogen-bond acceptors (Lipinski definition) is 4. The SMILES string of the molecule is CCOc1c(Br)cc(C2C3=C(CC(C)(C)CC3=O)OC3=C2C(=O)CC(C)(C)C3)cc1Br. The third-order valence-corrected chi connectivity index (χ3v) is 7.40. The molecule has 166 valence electrons. The molecule has 6 heteroatoms. The first-order valence-electron chi connectivity index (χ1n) is 10.7. The lowest BCUT2D eigenvalue weighted by molar-refractivity contribution is -0.120. The molecule has 1 aliphatic heterocycles. The third-order valence-electron chi connectivity index (χ3n) is 6.22. The Kier molecular flexibility index (Phi) is 5.79. The molecular formula is C25H28Br2O4. The minimum atomic E-state index is -0.408. The number of allylic oxidation sites excluding steroid dienone is 4. The van der Waals surface area contributed by atoms with E-state index in [0.717, 1.165) is 26.0 Å². The maximum absolute atomic E-state index is 13.4. The topological polar surface area (TPSA) is 52.6 Å². The molecule has 2 aliphatic carbocycles. The molecule has 0 radical (unpaired) electrons. The Morgan fingerprint density at radius 3 is 1.77 bits per heavy atom. The van der Waals surface area contributed by atoms with E-state index in [2.05, 4.69) is 59.6 Å². The van der Waals surface area contributed by atoms with Crippen molar-refractivity contribution in [3.05, 3.63) is 49.3 Å². The number of carbonyl (C=O) groups is 2. The largest absolute Gasteiger partial charge is 0.492 e. The summed E-state index contributed by atoms with van der Waals surface area (Å²) in [6.45, 7) is 10.9. The second-order valence-electron chi connectivity index (χ2n) is 10.3. The summed E-state index contributed by atoms with van der Waals surface area (Å²) in [4.78, 5) is 26.7. The van der Waals surface area contributed by atoms with E-state index in [9.17, 15) is 9.59 Å². The van der Waals surface area contributed by atoms with Crippen molar-refractivity contribution in [1.29, 1.82) is 0 Å². The van der Waals surface area contributed by atoms with Crippen molar-refractivity contribution in [2.75, 3.05) is 6.61 Å². The number of halogens is 2. The van der Waals surface area contributed by atoms with Gasteiger partial charge in [-0.3, -0.25) is 9.59 Å². The van der Waals surface area contributed by atoms with Crippen LogP contribution >= 0.6 is 31.9 Å². The summed E-state index contributed by atoms with van der Waals surface area (Å²) in [6, 6.07) is 3.95. The fourth-order valence-corrected chi connectivity index (χ4v) is 6.49. The zero-order valence-corrected chi connectivity index (χ0v) is 21.8. The van der Waals surface area contributed by atoms with Crippen molar-refractivity contribution in [1.82, 2.24) is 0 Å². The maximum atomic E-state index is 13.4. The highest BCUT2D eigenvalue weighted by Gasteiger charge is 2.48. The zero-order chi connectivity index (χ0) is 22.7. The van der Waals surface area contributed by atoms with E-state index < -0.39 is 5.92 Å². The lowest BCUT2D eigenvalue weighted by Crippen LogP contribution is -2.37. The van der Waals surface area contributed by atoms with Gasteiger partial charge in [0.15, 0.2) is 11.6 Å². The van der Waals surface area contributed by atoms with Crippen molar-refractivity contribution in [2.45, 2.75) is 66.2 Å². The molecule has 4 rings (SSSR count). The Labute approximate surface area is 200 Å². The van der Waals surface area contributed by atoms with Gasteiger partial charge in [0.25, 0.3) is 0 Å². The van der Waals surface area contributed by atoms with E-state index in [0.29, 0.717) is 49.2 Å². The first-order chi connectivity index (χ1) is 14.4. The summed E-state index contributed by atoms with van der Waals surface area (Å²) in [6.07, 6.45) is 2.28. The predicted molar refractivity (Wildman–Crippen MR) is 127 cm³/mol. The lowest BCUT2D eigenvalue weighted by Gasteiger charge is -2.42. The molecule has 1 heterocycles. The number of benzene rings is 1. The van der Waals surface area contributed by atoms with Crippen LogP contribution < -0.4 is 4.74 Å². The number of Topliss-reactive ketones (excluding diaryl/α,β-unsaturated/α-hetero) is 2. The number of carbonyl (C=O) groups excluding carboxylic acids is 2. The minimum Gasteiger partial charge on any atom is -0.492 e. The van der Waals surface area contributed by atoms with E-state index in [-0.39, 0.29) is 22.4 Å². The lowest BCUT2D eigenvalue weighted by atomic mass is 9.65. The molecule has 0 atom stereocenters. The van der Waals surface area contributed by atoms with Gasteiger partial charge in [0.05, 0.1) is 15.6 Å². The monoisotopic (exact) mass is 550 g/mol. The molecule has 0 aromatic heterocycles. The van der Waals surface area contributed by atoms with Crippen LogP contribution in [0.15, 0.2) is 43.7 Å². The molecule has 0 saturated heterocycles. The zero-order valence-electron chi connectivity index (χ0n) is 18.7. The van der Waals surface area contributed by atoms with Gasteiger partial charge in [-0.25, -0.2) is 0 Å². The second kappa shape index (κ2) is 7.87. The van der Waals surface area contributed by atoms with Crippen LogP contribution in [0.5, 0.6) is 5.75 Å². The van der Waals surface area contributed by atoms with E-state index in [4.69, 9.17) is 9.47 Å². The van der Waals surface area contributed by atoms with E-state index in [1.807, 2.05) is 19.1 Å². The van der Waals surface area contributed by atoms with Crippen LogP contribution in [-0.2, 0) is 14.3 Å². The van der Waals surface area contributed by atoms with Crippen LogP contribution in [0, 0.1) is 10.8 Å². The van der Waals surface area contributed by atoms with Crippen LogP contribution in [0.3, 0.4) is 0 Å². The Hall–Kier alpha value is -1.40. The van der Waals surface area contributed by atoms with Crippen LogP contribution in [-0.4, -0.2) is 18.2 Å². The molecule has 1 aromatic rings. The highest BCUT2D eigenvalue weighted by molar-refractivity contribution is 9.11. The molecule has 0 saturated carbocycles. The fraction of sp³-hybridized carbons (Fsp3) is 0.520. The Bertz CT molecular complexity index is 971. The normalized spacial score (nSPS) is 22.8. The number of ketones is 2. The maximum Gasteiger partial charge on any atom is 0.163 e. The highest BCUT2D eigenvalue weighted by Crippen LogP contribution is 2.54. The van der Waals surface area contributed by atoms with Gasteiger partial charge in [0.1, 0.15) is 17.3 Å². The standard InChI is InChI=1S/C25H28Br2O4/c1-6-30-23-14(26)7-13(8-15(23)27)20-21-16(28)9-24(2,3)11-18(21)31-19-12-25(4,5)10-17(29)22(19)20/h7-8,20H,6,9-12H2,1-5H3. The summed E-state index contributed by atoms with van der Waals surface area (Å²) in [5.41, 5.74) is 1.87. The van der Waals surface area contributed by atoms with Gasteiger partial charge in [-0.1, -0.05) is 27.7 Å². The average molecular weight is 552 g/mol. The van der Waals surface area contributed by atoms with Crippen LogP contribution in [0.1, 0.15) is 71.8 Å². The molecule has 0 amide bonds. The van der Waals surface area contributed by atoms with Crippen LogP contribution in [0.2, 0.25) is 0 Å². The Morgan fingerprint density at radius 2 is 1.35 bits per heavy atom. The molecular weight excluding hydrogens is 524 g/mol. The van der Waals surface area contributed by atoms with Crippen molar-refractivity contribution < 1.29 is 19.1 Å². The molecule has 3 aliphatic rings. The van der Waals surface area contributed by atoms with E-state index >= 15 is 0 Å². The van der Waals surface area contributed by atoms with Gasteiger partial charge in [-0.05, 0) is 67.3 Å². The van der Waals surface area contributed by atoms with E-state index in [1.165, 1.54) is 0 Å². The van der Waals surface area contributed by atoms with Gasteiger partial charge in [-0.2, -0.15) is 0 Å². The van der Waals surface area contributed by atoms with Crippen molar-refractivity contribution in [2.24, 2.45) is 10.8 Å². The highest BCUT2D eigenvalue weighted by atomic mass is 79.9.